The lowest BCUT2D eigenvalue weighted by molar-refractivity contribution is 0.0547. The second kappa shape index (κ2) is 9.50. The summed E-state index contributed by atoms with van der Waals surface area (Å²) in [4.78, 5) is 9.67. The summed E-state index contributed by atoms with van der Waals surface area (Å²) in [5, 5.41) is 19.9. The summed E-state index contributed by atoms with van der Waals surface area (Å²) >= 11 is 0. The van der Waals surface area contributed by atoms with Crippen LogP contribution in [0.2, 0.25) is 0 Å². The van der Waals surface area contributed by atoms with Crippen molar-refractivity contribution in [2.75, 3.05) is 13.2 Å². The summed E-state index contributed by atoms with van der Waals surface area (Å²) < 4.78 is 25.4. The Bertz CT molecular complexity index is 1670. The van der Waals surface area contributed by atoms with Crippen molar-refractivity contribution < 1.29 is 14.2 Å². The van der Waals surface area contributed by atoms with Crippen molar-refractivity contribution in [2.45, 2.75) is 52.2 Å². The van der Waals surface area contributed by atoms with Crippen LogP contribution in [0.1, 0.15) is 55.2 Å². The number of aromatic nitrogens is 6. The van der Waals surface area contributed by atoms with Crippen molar-refractivity contribution in [3.8, 4) is 11.3 Å². The highest BCUT2D eigenvalue weighted by atomic mass is 19.1. The van der Waals surface area contributed by atoms with Crippen LogP contribution in [-0.4, -0.2) is 47.8 Å². The van der Waals surface area contributed by atoms with Gasteiger partial charge in [0.25, 0.3) is 0 Å². The van der Waals surface area contributed by atoms with Crippen LogP contribution in [0.15, 0.2) is 42.7 Å². The van der Waals surface area contributed by atoms with E-state index in [1.807, 2.05) is 31.3 Å². The van der Waals surface area contributed by atoms with Gasteiger partial charge in [-0.15, -0.1) is 5.10 Å². The van der Waals surface area contributed by atoms with E-state index in [0.29, 0.717) is 46.6 Å². The van der Waals surface area contributed by atoms with Gasteiger partial charge in [-0.2, -0.15) is 0 Å². The first-order valence-corrected chi connectivity index (χ1v) is 13.4. The number of nitrogens with zero attached hydrogens (tertiary/aromatic N) is 6. The van der Waals surface area contributed by atoms with E-state index in [9.17, 15) is 5.11 Å². The summed E-state index contributed by atoms with van der Waals surface area (Å²) in [5.74, 6) is -0.120. The monoisotopic (exact) mass is 528 g/mol. The molecule has 1 atom stereocenters. The molecule has 0 amide bonds. The van der Waals surface area contributed by atoms with Gasteiger partial charge >= 0.3 is 0 Å². The zero-order chi connectivity index (χ0) is 27.5. The van der Waals surface area contributed by atoms with E-state index in [0.717, 1.165) is 35.1 Å². The molecule has 6 rings (SSSR count). The van der Waals surface area contributed by atoms with Gasteiger partial charge in [-0.1, -0.05) is 11.3 Å². The van der Waals surface area contributed by atoms with E-state index in [4.69, 9.17) is 14.7 Å². The van der Waals surface area contributed by atoms with Crippen molar-refractivity contribution in [2.24, 2.45) is 13.0 Å². The molecule has 1 aliphatic heterocycles. The maximum absolute atomic E-state index is 15.8. The molecule has 1 saturated heterocycles. The molecule has 0 bridgehead atoms. The van der Waals surface area contributed by atoms with Crippen molar-refractivity contribution >= 4 is 21.9 Å². The highest BCUT2D eigenvalue weighted by Gasteiger charge is 2.33. The Labute approximate surface area is 226 Å². The zero-order valence-electron chi connectivity index (χ0n) is 22.9. The van der Waals surface area contributed by atoms with Crippen LogP contribution in [0, 0.1) is 25.6 Å². The lowest BCUT2D eigenvalue weighted by Crippen LogP contribution is -2.28. The molecule has 9 heteroatoms. The second-order valence-corrected chi connectivity index (χ2v) is 11.1. The molecule has 39 heavy (non-hydrogen) atoms. The minimum atomic E-state index is -1.09. The van der Waals surface area contributed by atoms with Crippen LogP contribution in [0.3, 0.4) is 0 Å². The molecule has 5 heterocycles. The van der Waals surface area contributed by atoms with E-state index in [-0.39, 0.29) is 17.8 Å². The van der Waals surface area contributed by atoms with Crippen molar-refractivity contribution in [3.05, 3.63) is 71.1 Å². The number of rotatable bonds is 5. The van der Waals surface area contributed by atoms with E-state index < -0.39 is 5.60 Å². The Balaban J connectivity index is 1.74. The molecule has 202 valence electrons. The Kier molecular flexibility index (Phi) is 6.23. The van der Waals surface area contributed by atoms with Gasteiger partial charge in [-0.05, 0) is 76.3 Å². The molecule has 0 spiro atoms. The average Bonchev–Trinajstić information content (AvgIpc) is 3.40. The van der Waals surface area contributed by atoms with Gasteiger partial charge in [0.05, 0.1) is 45.3 Å². The molecular weight excluding hydrogens is 495 g/mol. The quantitative estimate of drug-likeness (QED) is 0.329. The molecule has 0 aliphatic carbocycles. The highest BCUT2D eigenvalue weighted by Crippen LogP contribution is 2.43. The van der Waals surface area contributed by atoms with E-state index in [2.05, 4.69) is 27.9 Å². The molecule has 1 aromatic carbocycles. The third-order valence-electron chi connectivity index (χ3n) is 8.00. The van der Waals surface area contributed by atoms with Crippen LogP contribution in [0.5, 0.6) is 0 Å². The number of benzene rings is 1. The molecule has 0 radical (unpaired) electrons. The lowest BCUT2D eigenvalue weighted by Gasteiger charge is -2.33. The highest BCUT2D eigenvalue weighted by molar-refractivity contribution is 6.07. The number of halogens is 1. The normalized spacial score (nSPS) is 15.9. The molecule has 1 N–H and O–H groups in total. The minimum absolute atomic E-state index is 0.141. The van der Waals surface area contributed by atoms with Gasteiger partial charge in [0.15, 0.2) is 0 Å². The first kappa shape index (κ1) is 25.6. The Morgan fingerprint density at radius 3 is 2.54 bits per heavy atom. The molecular formula is C30H33FN6O2. The standard InChI is InChI=1S/C30H33FN6O2/c1-17-7-6-10-32-26(17)29(19-8-11-39-12-9-19)37-24-15-21(28-18(2)34-35-36(28)5)23(31)14-22(24)27-25(37)13-20(16-33-27)30(3,4)38/h6-7,10,13-16,19,29,38H,8-9,11-12H2,1-5H3/t29-/m1/s1. The van der Waals surface area contributed by atoms with Crippen LogP contribution in [-0.2, 0) is 17.4 Å². The number of aliphatic hydroxyl groups is 1. The van der Waals surface area contributed by atoms with Crippen molar-refractivity contribution in [3.63, 3.8) is 0 Å². The number of aryl methyl sites for hydroxylation is 3. The summed E-state index contributed by atoms with van der Waals surface area (Å²) in [6.45, 7) is 8.77. The fourth-order valence-corrected chi connectivity index (χ4v) is 5.97. The third-order valence-corrected chi connectivity index (χ3v) is 8.00. The first-order valence-electron chi connectivity index (χ1n) is 13.4. The second-order valence-electron chi connectivity index (χ2n) is 11.1. The SMILES string of the molecule is Cc1cccnc1[C@@H](C1CCOCC1)n1c2cc(-c3c(C)nnn3C)c(F)cc2c2ncc(C(C)(C)O)cc21. The summed E-state index contributed by atoms with van der Waals surface area (Å²) in [5.41, 5.74) is 5.75. The predicted molar refractivity (Wildman–Crippen MR) is 148 cm³/mol. The summed E-state index contributed by atoms with van der Waals surface area (Å²) in [6.07, 6.45) is 5.26. The average molecular weight is 529 g/mol. The van der Waals surface area contributed by atoms with E-state index in [1.54, 1.807) is 37.8 Å². The van der Waals surface area contributed by atoms with Crippen molar-refractivity contribution in [1.29, 1.82) is 0 Å². The molecule has 8 nitrogen and oxygen atoms in total. The zero-order valence-corrected chi connectivity index (χ0v) is 22.9. The number of fused-ring (bicyclic) bond motifs is 3. The Morgan fingerprint density at radius 1 is 1.10 bits per heavy atom. The first-order chi connectivity index (χ1) is 18.6. The van der Waals surface area contributed by atoms with Gasteiger partial charge in [-0.3, -0.25) is 9.97 Å². The molecule has 1 aliphatic rings. The lowest BCUT2D eigenvalue weighted by atomic mass is 9.87. The van der Waals surface area contributed by atoms with Crippen LogP contribution >= 0.6 is 0 Å². The van der Waals surface area contributed by atoms with Gasteiger partial charge in [0.1, 0.15) is 5.82 Å². The topological polar surface area (TPSA) is 90.9 Å². The summed E-state index contributed by atoms with van der Waals surface area (Å²) in [6, 6.07) is 9.34. The number of ether oxygens (including phenoxy) is 1. The molecule has 0 saturated carbocycles. The third kappa shape index (κ3) is 4.30. The van der Waals surface area contributed by atoms with E-state index in [1.165, 1.54) is 0 Å². The van der Waals surface area contributed by atoms with Gasteiger partial charge in [0.2, 0.25) is 0 Å². The van der Waals surface area contributed by atoms with Crippen LogP contribution < -0.4 is 0 Å². The van der Waals surface area contributed by atoms with Crippen molar-refractivity contribution in [1.82, 2.24) is 29.5 Å². The maximum Gasteiger partial charge on any atom is 0.133 e. The largest absolute Gasteiger partial charge is 0.386 e. The smallest absolute Gasteiger partial charge is 0.133 e. The molecule has 0 unspecified atom stereocenters. The van der Waals surface area contributed by atoms with Crippen LogP contribution in [0.4, 0.5) is 4.39 Å². The number of hydrogen-bond donors (Lipinski definition) is 1. The van der Waals surface area contributed by atoms with Crippen LogP contribution in [0.25, 0.3) is 33.2 Å². The molecule has 1 fully saturated rings. The molecule has 4 aromatic heterocycles. The minimum Gasteiger partial charge on any atom is -0.386 e. The van der Waals surface area contributed by atoms with E-state index >= 15 is 4.39 Å². The Hall–Kier alpha value is -3.69. The summed E-state index contributed by atoms with van der Waals surface area (Å²) in [7, 11) is 1.77. The fourth-order valence-electron chi connectivity index (χ4n) is 5.97. The van der Waals surface area contributed by atoms with Gasteiger partial charge in [-0.25, -0.2) is 9.07 Å². The maximum atomic E-state index is 15.8. The Morgan fingerprint density at radius 2 is 1.87 bits per heavy atom. The van der Waals surface area contributed by atoms with Gasteiger partial charge < -0.3 is 14.4 Å². The number of pyridine rings is 2. The van der Waals surface area contributed by atoms with Gasteiger partial charge in [0, 0.05) is 49.2 Å². The molecule has 5 aromatic rings. The predicted octanol–water partition coefficient (Wildman–Crippen LogP) is 5.38. The number of hydrogen-bond acceptors (Lipinski definition) is 6. The fraction of sp³-hybridized carbons (Fsp3) is 0.400.